The summed E-state index contributed by atoms with van der Waals surface area (Å²) in [5, 5.41) is 6.93. The Morgan fingerprint density at radius 2 is 1.88 bits per heavy atom. The maximum atomic E-state index is 12.2. The van der Waals surface area contributed by atoms with Gasteiger partial charge in [-0.2, -0.15) is 4.98 Å². The fraction of sp³-hybridized carbons (Fsp3) is 0.235. The van der Waals surface area contributed by atoms with Crippen LogP contribution in [0.2, 0.25) is 0 Å². The normalized spacial score (nSPS) is 10.7. The molecule has 3 aromatic rings. The summed E-state index contributed by atoms with van der Waals surface area (Å²) in [7, 11) is 3.41. The molecule has 0 atom stereocenters. The molecule has 0 saturated carbocycles. The molecule has 8 nitrogen and oxygen atoms in total. The predicted molar refractivity (Wildman–Crippen MR) is 91.1 cm³/mol. The summed E-state index contributed by atoms with van der Waals surface area (Å²) in [5.74, 6) is 0.0172. The molecular formula is C17H18N6O2. The van der Waals surface area contributed by atoms with Crippen LogP contribution in [0.1, 0.15) is 32.2 Å². The highest BCUT2D eigenvalue weighted by Crippen LogP contribution is 2.07. The molecule has 2 aromatic heterocycles. The second-order valence-electron chi connectivity index (χ2n) is 5.81. The summed E-state index contributed by atoms with van der Waals surface area (Å²) in [6.07, 6.45) is 1.62. The van der Waals surface area contributed by atoms with Crippen molar-refractivity contribution < 1.29 is 9.59 Å². The quantitative estimate of drug-likeness (QED) is 0.768. The average molecular weight is 338 g/mol. The largest absolute Gasteiger partial charge is 0.345 e. The van der Waals surface area contributed by atoms with Crippen LogP contribution in [-0.2, 0) is 6.54 Å². The predicted octanol–water partition coefficient (Wildman–Crippen LogP) is 1.06. The number of nitrogens with zero attached hydrogens (tertiary/aromatic N) is 5. The molecule has 0 aliphatic heterocycles. The minimum absolute atomic E-state index is 0.0626. The van der Waals surface area contributed by atoms with Crippen molar-refractivity contribution in [3.05, 3.63) is 59.2 Å². The van der Waals surface area contributed by atoms with Crippen molar-refractivity contribution in [2.45, 2.75) is 13.5 Å². The van der Waals surface area contributed by atoms with Crippen molar-refractivity contribution in [1.29, 1.82) is 0 Å². The first-order valence-corrected chi connectivity index (χ1v) is 7.73. The zero-order valence-corrected chi connectivity index (χ0v) is 14.2. The molecule has 0 aliphatic carbocycles. The number of rotatable bonds is 4. The fourth-order valence-electron chi connectivity index (χ4n) is 2.29. The van der Waals surface area contributed by atoms with Gasteiger partial charge >= 0.3 is 0 Å². The van der Waals surface area contributed by atoms with E-state index in [9.17, 15) is 9.59 Å². The van der Waals surface area contributed by atoms with Crippen LogP contribution in [-0.4, -0.2) is 50.4 Å². The lowest BCUT2D eigenvalue weighted by Crippen LogP contribution is -2.24. The maximum Gasteiger partial charge on any atom is 0.291 e. The highest BCUT2D eigenvalue weighted by atomic mass is 16.2. The van der Waals surface area contributed by atoms with E-state index in [1.165, 1.54) is 9.42 Å². The number of aryl methyl sites for hydroxylation is 1. The number of carbonyl (C=O) groups excluding carboxylic acids is 2. The lowest BCUT2D eigenvalue weighted by Gasteiger charge is -2.10. The second kappa shape index (κ2) is 6.68. The van der Waals surface area contributed by atoms with Crippen LogP contribution in [0.5, 0.6) is 0 Å². The molecule has 2 heterocycles. The van der Waals surface area contributed by atoms with Crippen LogP contribution in [0.15, 0.2) is 36.5 Å². The van der Waals surface area contributed by atoms with E-state index in [0.717, 1.165) is 11.3 Å². The molecule has 0 spiro atoms. The topological polar surface area (TPSA) is 92.5 Å². The minimum atomic E-state index is -0.377. The molecule has 1 N–H and O–H groups in total. The molecule has 128 valence electrons. The molecule has 2 amide bonds. The summed E-state index contributed by atoms with van der Waals surface area (Å²) in [5.41, 5.74) is 2.32. The van der Waals surface area contributed by atoms with Crippen molar-refractivity contribution in [3.8, 4) is 0 Å². The van der Waals surface area contributed by atoms with Gasteiger partial charge in [0.1, 0.15) is 0 Å². The summed E-state index contributed by atoms with van der Waals surface area (Å²) in [6, 6.07) is 8.88. The summed E-state index contributed by atoms with van der Waals surface area (Å²) >= 11 is 0. The number of amides is 2. The molecule has 25 heavy (non-hydrogen) atoms. The van der Waals surface area contributed by atoms with Crippen LogP contribution >= 0.6 is 0 Å². The fourth-order valence-corrected chi connectivity index (χ4v) is 2.29. The molecule has 1 aromatic carbocycles. The Labute approximate surface area is 144 Å². The van der Waals surface area contributed by atoms with E-state index in [0.29, 0.717) is 17.9 Å². The van der Waals surface area contributed by atoms with Gasteiger partial charge in [-0.3, -0.25) is 9.59 Å². The molecule has 0 aliphatic rings. The van der Waals surface area contributed by atoms with Gasteiger partial charge in [-0.1, -0.05) is 12.1 Å². The lowest BCUT2D eigenvalue weighted by molar-refractivity contribution is 0.0827. The Morgan fingerprint density at radius 1 is 1.16 bits per heavy atom. The van der Waals surface area contributed by atoms with E-state index in [-0.39, 0.29) is 17.6 Å². The standard InChI is InChI=1S/C17H18N6O2/c1-11-8-9-18-17-20-14(21-23(11)17)15(24)19-10-12-4-6-13(7-5-12)16(25)22(2)3/h4-9H,10H2,1-3H3,(H,19,24). The Kier molecular flexibility index (Phi) is 4.42. The van der Waals surface area contributed by atoms with Gasteiger partial charge in [0.25, 0.3) is 17.6 Å². The van der Waals surface area contributed by atoms with Crippen LogP contribution in [0, 0.1) is 6.92 Å². The molecule has 0 unspecified atom stereocenters. The number of benzene rings is 1. The SMILES string of the molecule is Cc1ccnc2nc(C(=O)NCc3ccc(C(=O)N(C)C)cc3)nn12. The smallest absolute Gasteiger partial charge is 0.291 e. The van der Waals surface area contributed by atoms with E-state index in [4.69, 9.17) is 0 Å². The number of hydrogen-bond acceptors (Lipinski definition) is 5. The third-order valence-corrected chi connectivity index (χ3v) is 3.69. The number of fused-ring (bicyclic) bond motifs is 1. The van der Waals surface area contributed by atoms with Gasteiger partial charge in [0.05, 0.1) is 0 Å². The first-order chi connectivity index (χ1) is 12.0. The molecule has 0 fully saturated rings. The Hall–Kier alpha value is -3.29. The number of carbonyl (C=O) groups is 2. The van der Waals surface area contributed by atoms with E-state index < -0.39 is 0 Å². The number of aromatic nitrogens is 4. The third-order valence-electron chi connectivity index (χ3n) is 3.69. The van der Waals surface area contributed by atoms with Gasteiger partial charge in [0, 0.05) is 38.1 Å². The van der Waals surface area contributed by atoms with Gasteiger partial charge < -0.3 is 10.2 Å². The molecule has 0 bridgehead atoms. The summed E-state index contributed by atoms with van der Waals surface area (Å²) in [6.45, 7) is 2.18. The van der Waals surface area contributed by atoms with Crippen molar-refractivity contribution in [2.75, 3.05) is 14.1 Å². The highest BCUT2D eigenvalue weighted by molar-refractivity contribution is 5.94. The molecule has 3 rings (SSSR count). The van der Waals surface area contributed by atoms with Crippen molar-refractivity contribution in [1.82, 2.24) is 29.8 Å². The van der Waals surface area contributed by atoms with Crippen molar-refractivity contribution in [3.63, 3.8) is 0 Å². The molecule has 8 heteroatoms. The lowest BCUT2D eigenvalue weighted by atomic mass is 10.1. The van der Waals surface area contributed by atoms with Crippen LogP contribution in [0.3, 0.4) is 0 Å². The first-order valence-electron chi connectivity index (χ1n) is 7.73. The van der Waals surface area contributed by atoms with Gasteiger partial charge in [-0.15, -0.1) is 5.10 Å². The number of hydrogen-bond donors (Lipinski definition) is 1. The van der Waals surface area contributed by atoms with E-state index in [1.54, 1.807) is 50.6 Å². The average Bonchev–Trinajstić information content (AvgIpc) is 3.05. The van der Waals surface area contributed by atoms with Gasteiger partial charge in [0.2, 0.25) is 5.82 Å². The van der Waals surface area contributed by atoms with Gasteiger partial charge in [-0.05, 0) is 30.7 Å². The number of nitrogens with one attached hydrogen (secondary N) is 1. The summed E-state index contributed by atoms with van der Waals surface area (Å²) < 4.78 is 1.52. The zero-order chi connectivity index (χ0) is 18.0. The van der Waals surface area contributed by atoms with Crippen LogP contribution in [0.25, 0.3) is 5.78 Å². The van der Waals surface area contributed by atoms with E-state index in [1.807, 2.05) is 6.92 Å². The monoisotopic (exact) mass is 338 g/mol. The van der Waals surface area contributed by atoms with E-state index >= 15 is 0 Å². The van der Waals surface area contributed by atoms with Crippen molar-refractivity contribution >= 4 is 17.6 Å². The minimum Gasteiger partial charge on any atom is -0.345 e. The van der Waals surface area contributed by atoms with Gasteiger partial charge in [-0.25, -0.2) is 9.50 Å². The maximum absolute atomic E-state index is 12.2. The molecule has 0 radical (unpaired) electrons. The van der Waals surface area contributed by atoms with Crippen molar-refractivity contribution in [2.24, 2.45) is 0 Å². The Morgan fingerprint density at radius 3 is 2.52 bits per heavy atom. The van der Waals surface area contributed by atoms with Gasteiger partial charge in [0.15, 0.2) is 0 Å². The highest BCUT2D eigenvalue weighted by Gasteiger charge is 2.14. The van der Waals surface area contributed by atoms with Crippen LogP contribution < -0.4 is 5.32 Å². The zero-order valence-electron chi connectivity index (χ0n) is 14.2. The second-order valence-corrected chi connectivity index (χ2v) is 5.81. The Balaban J connectivity index is 1.67. The summed E-state index contributed by atoms with van der Waals surface area (Å²) in [4.78, 5) is 33.8. The molecular weight excluding hydrogens is 320 g/mol. The molecule has 0 saturated heterocycles. The van der Waals surface area contributed by atoms with Crippen LogP contribution in [0.4, 0.5) is 0 Å². The Bertz CT molecular complexity index is 930. The first kappa shape index (κ1) is 16.6. The third kappa shape index (κ3) is 3.47. The van der Waals surface area contributed by atoms with E-state index in [2.05, 4.69) is 20.4 Å².